The normalized spacial score (nSPS) is 17.5. The molecule has 0 aromatic heterocycles. The lowest BCUT2D eigenvalue weighted by Crippen LogP contribution is -2.40. The Labute approximate surface area is 181 Å². The minimum absolute atomic E-state index is 0.0332. The molecule has 1 aromatic carbocycles. The monoisotopic (exact) mass is 439 g/mol. The lowest BCUT2D eigenvalue weighted by atomic mass is 10.00. The number of piperidine rings is 1. The Balaban J connectivity index is 1.75. The number of rotatable bonds is 12. The molecule has 170 valence electrons. The number of methoxy groups -OCH3 is 1. The first-order valence-corrected chi connectivity index (χ1v) is 12.8. The van der Waals surface area contributed by atoms with Crippen molar-refractivity contribution in [3.8, 4) is 5.75 Å². The van der Waals surface area contributed by atoms with Gasteiger partial charge in [-0.1, -0.05) is 25.5 Å². The molecule has 0 saturated carbocycles. The minimum atomic E-state index is -3.47. The van der Waals surface area contributed by atoms with E-state index in [-0.39, 0.29) is 12.5 Å². The number of sulfonamides is 1. The fourth-order valence-corrected chi connectivity index (χ4v) is 5.07. The van der Waals surface area contributed by atoms with Crippen molar-refractivity contribution in [2.45, 2.75) is 57.9 Å². The highest BCUT2D eigenvalue weighted by atomic mass is 32.2. The smallest absolute Gasteiger partial charge is 0.232 e. The van der Waals surface area contributed by atoms with E-state index < -0.39 is 10.0 Å². The lowest BCUT2D eigenvalue weighted by Gasteiger charge is -2.35. The SMILES string of the molecule is CC[C@@H]1CCCCN1CCCNC(=O)CCCN(c1ccccc1OC)S(C)(=O)=O. The van der Waals surface area contributed by atoms with Crippen molar-refractivity contribution in [2.24, 2.45) is 0 Å². The van der Waals surface area contributed by atoms with Crippen molar-refractivity contribution >= 4 is 21.6 Å². The molecule has 1 aliphatic rings. The summed E-state index contributed by atoms with van der Waals surface area (Å²) in [6, 6.07) is 7.69. The van der Waals surface area contributed by atoms with Crippen molar-refractivity contribution in [2.75, 3.05) is 43.8 Å². The average molecular weight is 440 g/mol. The standard InChI is InChI=1S/C22H37N3O4S/c1-4-19-11-7-8-16-24(19)17-10-15-23-22(26)14-9-18-25(30(3,27)28)20-12-5-6-13-21(20)29-2/h5-6,12-13,19H,4,7-11,14-18H2,1-3H3,(H,23,26)/t19-/m1/s1. The molecule has 0 bridgehead atoms. The summed E-state index contributed by atoms with van der Waals surface area (Å²) in [6.07, 6.45) is 7.92. The van der Waals surface area contributed by atoms with Gasteiger partial charge >= 0.3 is 0 Å². The van der Waals surface area contributed by atoms with Crippen molar-refractivity contribution in [1.29, 1.82) is 0 Å². The molecule has 0 spiro atoms. The zero-order valence-corrected chi connectivity index (χ0v) is 19.4. The second-order valence-corrected chi connectivity index (χ2v) is 9.81. The van der Waals surface area contributed by atoms with Gasteiger partial charge < -0.3 is 15.0 Å². The Kier molecular flexibility index (Phi) is 9.91. The molecular weight excluding hydrogens is 402 g/mol. The van der Waals surface area contributed by atoms with E-state index in [1.165, 1.54) is 43.4 Å². The molecule has 0 aliphatic carbocycles. The molecule has 1 aliphatic heterocycles. The molecule has 1 heterocycles. The van der Waals surface area contributed by atoms with Gasteiger partial charge in [-0.25, -0.2) is 8.42 Å². The van der Waals surface area contributed by atoms with Crippen LogP contribution in [0, 0.1) is 0 Å². The summed E-state index contributed by atoms with van der Waals surface area (Å²) in [5.74, 6) is 0.463. The summed E-state index contributed by atoms with van der Waals surface area (Å²) < 4.78 is 31.1. The Morgan fingerprint density at radius 2 is 2.03 bits per heavy atom. The Hall–Kier alpha value is -1.80. The first-order chi connectivity index (χ1) is 14.4. The molecule has 8 heteroatoms. The van der Waals surface area contributed by atoms with Crippen LogP contribution < -0.4 is 14.4 Å². The third-order valence-electron chi connectivity index (χ3n) is 5.68. The van der Waals surface area contributed by atoms with E-state index in [9.17, 15) is 13.2 Å². The van der Waals surface area contributed by atoms with Crippen LogP contribution in [0.15, 0.2) is 24.3 Å². The van der Waals surface area contributed by atoms with Crippen LogP contribution in [0.4, 0.5) is 5.69 Å². The van der Waals surface area contributed by atoms with E-state index in [1.807, 2.05) is 0 Å². The van der Waals surface area contributed by atoms with E-state index in [2.05, 4.69) is 17.1 Å². The third-order valence-corrected chi connectivity index (χ3v) is 6.86. The summed E-state index contributed by atoms with van der Waals surface area (Å²) in [5.41, 5.74) is 0.495. The predicted molar refractivity (Wildman–Crippen MR) is 122 cm³/mol. The highest BCUT2D eigenvalue weighted by Gasteiger charge is 2.21. The maximum atomic E-state index is 12.3. The largest absolute Gasteiger partial charge is 0.495 e. The summed E-state index contributed by atoms with van der Waals surface area (Å²) in [4.78, 5) is 14.7. The summed E-state index contributed by atoms with van der Waals surface area (Å²) in [6.45, 7) is 5.33. The molecular formula is C22H37N3O4S. The van der Waals surface area contributed by atoms with E-state index in [0.29, 0.717) is 36.9 Å². The number of benzene rings is 1. The molecule has 2 rings (SSSR count). The zero-order chi connectivity index (χ0) is 22.0. The van der Waals surface area contributed by atoms with Crippen LogP contribution in [0.5, 0.6) is 5.75 Å². The Morgan fingerprint density at radius 3 is 2.73 bits per heavy atom. The fraction of sp³-hybridized carbons (Fsp3) is 0.682. The van der Waals surface area contributed by atoms with E-state index in [1.54, 1.807) is 24.3 Å². The minimum Gasteiger partial charge on any atom is -0.495 e. The first-order valence-electron chi connectivity index (χ1n) is 11.0. The number of hydrogen-bond donors (Lipinski definition) is 1. The Morgan fingerprint density at radius 1 is 1.27 bits per heavy atom. The highest BCUT2D eigenvalue weighted by Crippen LogP contribution is 2.29. The van der Waals surface area contributed by atoms with Gasteiger partial charge in [0, 0.05) is 32.1 Å². The predicted octanol–water partition coefficient (Wildman–Crippen LogP) is 3.01. The van der Waals surface area contributed by atoms with Gasteiger partial charge in [0.1, 0.15) is 5.75 Å². The van der Waals surface area contributed by atoms with Crippen LogP contribution in [0.3, 0.4) is 0 Å². The van der Waals surface area contributed by atoms with Crippen molar-refractivity contribution < 1.29 is 17.9 Å². The van der Waals surface area contributed by atoms with Gasteiger partial charge in [0.25, 0.3) is 0 Å². The van der Waals surface area contributed by atoms with Gasteiger partial charge in [-0.05, 0) is 50.8 Å². The second kappa shape index (κ2) is 12.2. The molecule has 0 unspecified atom stereocenters. The number of nitrogens with zero attached hydrogens (tertiary/aromatic N) is 2. The molecule has 1 aromatic rings. The summed E-state index contributed by atoms with van der Waals surface area (Å²) in [5, 5.41) is 2.97. The van der Waals surface area contributed by atoms with Crippen LogP contribution in [0.1, 0.15) is 51.9 Å². The number of para-hydroxylation sites is 2. The average Bonchev–Trinajstić information content (AvgIpc) is 2.73. The molecule has 30 heavy (non-hydrogen) atoms. The third kappa shape index (κ3) is 7.47. The van der Waals surface area contributed by atoms with Gasteiger partial charge in [0.2, 0.25) is 15.9 Å². The van der Waals surface area contributed by atoms with E-state index in [4.69, 9.17) is 4.74 Å². The van der Waals surface area contributed by atoms with Gasteiger partial charge in [-0.2, -0.15) is 0 Å². The maximum Gasteiger partial charge on any atom is 0.232 e. The zero-order valence-electron chi connectivity index (χ0n) is 18.6. The van der Waals surface area contributed by atoms with E-state index >= 15 is 0 Å². The van der Waals surface area contributed by atoms with Gasteiger partial charge in [0.05, 0.1) is 19.1 Å². The number of hydrogen-bond acceptors (Lipinski definition) is 5. The van der Waals surface area contributed by atoms with Crippen LogP contribution in [0.2, 0.25) is 0 Å². The Bertz CT molecular complexity index is 769. The number of anilines is 1. The molecule has 1 amide bonds. The van der Waals surface area contributed by atoms with Crippen molar-refractivity contribution in [3.05, 3.63) is 24.3 Å². The van der Waals surface area contributed by atoms with Crippen LogP contribution >= 0.6 is 0 Å². The number of nitrogens with one attached hydrogen (secondary N) is 1. The number of amides is 1. The number of carbonyl (C=O) groups excluding carboxylic acids is 1. The summed E-state index contributed by atoms with van der Waals surface area (Å²) in [7, 11) is -1.96. The van der Waals surface area contributed by atoms with Crippen molar-refractivity contribution in [3.63, 3.8) is 0 Å². The fourth-order valence-electron chi connectivity index (χ4n) is 4.10. The highest BCUT2D eigenvalue weighted by molar-refractivity contribution is 7.92. The van der Waals surface area contributed by atoms with Crippen LogP contribution in [-0.4, -0.2) is 64.8 Å². The van der Waals surface area contributed by atoms with E-state index in [0.717, 1.165) is 19.5 Å². The van der Waals surface area contributed by atoms with Gasteiger partial charge in [0.15, 0.2) is 0 Å². The topological polar surface area (TPSA) is 79.0 Å². The van der Waals surface area contributed by atoms with Crippen LogP contribution in [-0.2, 0) is 14.8 Å². The van der Waals surface area contributed by atoms with Crippen molar-refractivity contribution in [1.82, 2.24) is 10.2 Å². The van der Waals surface area contributed by atoms with Gasteiger partial charge in [-0.3, -0.25) is 9.10 Å². The quantitative estimate of drug-likeness (QED) is 0.507. The van der Waals surface area contributed by atoms with Crippen LogP contribution in [0.25, 0.3) is 0 Å². The van der Waals surface area contributed by atoms with Gasteiger partial charge in [-0.15, -0.1) is 0 Å². The molecule has 1 saturated heterocycles. The number of likely N-dealkylation sites (tertiary alicyclic amines) is 1. The molecule has 7 nitrogen and oxygen atoms in total. The lowest BCUT2D eigenvalue weighted by molar-refractivity contribution is -0.121. The summed E-state index contributed by atoms with van der Waals surface area (Å²) >= 11 is 0. The molecule has 1 fully saturated rings. The maximum absolute atomic E-state index is 12.3. The number of carbonyl (C=O) groups is 1. The molecule has 1 N–H and O–H groups in total. The second-order valence-electron chi connectivity index (χ2n) is 7.91. The molecule has 0 radical (unpaired) electrons. The molecule has 1 atom stereocenters. The number of ether oxygens (including phenoxy) is 1. The first kappa shape index (κ1) is 24.5.